The van der Waals surface area contributed by atoms with Crippen LogP contribution in [0.3, 0.4) is 0 Å². The predicted octanol–water partition coefficient (Wildman–Crippen LogP) is 3.26. The van der Waals surface area contributed by atoms with Gasteiger partial charge in [0.25, 0.3) is 0 Å². The van der Waals surface area contributed by atoms with E-state index in [2.05, 4.69) is 53.1 Å². The predicted molar refractivity (Wildman–Crippen MR) is 144 cm³/mol. The number of hydrogen-bond acceptors (Lipinski definition) is 4. The van der Waals surface area contributed by atoms with Gasteiger partial charge in [-0.2, -0.15) is 0 Å². The van der Waals surface area contributed by atoms with Crippen molar-refractivity contribution in [2.75, 3.05) is 18.5 Å². The first kappa shape index (κ1) is 31.7. The van der Waals surface area contributed by atoms with Crippen molar-refractivity contribution in [3.63, 3.8) is 0 Å². The molecule has 0 bridgehead atoms. The maximum Gasteiger partial charge on any atom is 0.161 e. The van der Waals surface area contributed by atoms with Crippen molar-refractivity contribution in [1.29, 1.82) is 0 Å². The molecule has 0 aliphatic carbocycles. The average molecular weight is 526 g/mol. The van der Waals surface area contributed by atoms with Gasteiger partial charge in [0.2, 0.25) is 0 Å². The number of rotatable bonds is 18. The first-order chi connectivity index (χ1) is 14.4. The summed E-state index contributed by atoms with van der Waals surface area (Å²) in [5, 5.41) is 3.63. The molecule has 0 saturated heterocycles. The van der Waals surface area contributed by atoms with Crippen LogP contribution in [0.15, 0.2) is 5.38 Å². The molecule has 1 heterocycles. The van der Waals surface area contributed by atoms with Gasteiger partial charge in [-0.05, 0) is 19.3 Å². The summed E-state index contributed by atoms with van der Waals surface area (Å²) in [6, 6.07) is 0. The Bertz CT molecular complexity index is 550. The molecular formula is C23H49ClNO2PSSi2. The van der Waals surface area contributed by atoms with Crippen LogP contribution in [0.1, 0.15) is 83.8 Å². The first-order valence-corrected chi connectivity index (χ1v) is 19.8. The summed E-state index contributed by atoms with van der Waals surface area (Å²) < 4.78 is 12.1. The van der Waals surface area contributed by atoms with E-state index >= 15 is 0 Å². The van der Waals surface area contributed by atoms with Gasteiger partial charge >= 0.3 is 0 Å². The quantitative estimate of drug-likeness (QED) is 0.167. The number of nitrogens with zero attached hydrogens (tertiary/aromatic N) is 1. The van der Waals surface area contributed by atoms with Gasteiger partial charge in [0.1, 0.15) is 12.5 Å². The second-order valence-electron chi connectivity index (χ2n) is 9.37. The van der Waals surface area contributed by atoms with Crippen LogP contribution >= 0.6 is 18.6 Å². The molecule has 0 aliphatic rings. The fraction of sp³-hybridized carbons (Fsp3) is 0.870. The normalized spacial score (nSPS) is 14.0. The Balaban J connectivity index is 0.00000900. The third-order valence-corrected chi connectivity index (χ3v) is 12.9. The Labute approximate surface area is 208 Å². The van der Waals surface area contributed by atoms with Crippen LogP contribution in [0.2, 0.25) is 13.1 Å². The molecule has 1 aromatic rings. The summed E-state index contributed by atoms with van der Waals surface area (Å²) in [5.74, 6) is 0. The lowest BCUT2D eigenvalue weighted by Crippen LogP contribution is -3.00. The Morgan fingerprint density at radius 2 is 1.45 bits per heavy atom. The smallest absolute Gasteiger partial charge is 0.161 e. The third kappa shape index (κ3) is 11.6. The average Bonchev–Trinajstić information content (AvgIpc) is 3.14. The molecule has 0 unspecified atom stereocenters. The molecule has 1 rings (SSSR count). The summed E-state index contributed by atoms with van der Waals surface area (Å²) in [7, 11) is -1.90. The molecule has 0 aromatic carbocycles. The molecule has 0 fully saturated rings. The van der Waals surface area contributed by atoms with Gasteiger partial charge in [0, 0.05) is 24.5 Å². The van der Waals surface area contributed by atoms with E-state index < -0.39 is 26.8 Å². The lowest BCUT2D eigenvalue weighted by molar-refractivity contribution is -0.0783. The van der Waals surface area contributed by atoms with Crippen molar-refractivity contribution in [2.24, 2.45) is 5.41 Å². The molecule has 8 heteroatoms. The van der Waals surface area contributed by atoms with Crippen molar-refractivity contribution in [3.8, 4) is 0 Å². The summed E-state index contributed by atoms with van der Waals surface area (Å²) in [4.78, 5) is 5.17. The standard InChI is InChI=1S/C23H49NO2PSSi2.ClH/c1-8-11-14-27(15-12-9-2,16-13-10-3)18-20-19-28-21(24-20)17-23(4,5)22(25-29-6)26-30-7;/h19,22H,8-18,29-30H2,1-7H3;1H/q+1;/p-1. The van der Waals surface area contributed by atoms with Crippen LogP contribution in [-0.4, -0.2) is 49.3 Å². The molecule has 3 nitrogen and oxygen atoms in total. The van der Waals surface area contributed by atoms with Gasteiger partial charge in [0.15, 0.2) is 19.5 Å². The topological polar surface area (TPSA) is 31.4 Å². The largest absolute Gasteiger partial charge is 1.00 e. The zero-order chi connectivity index (χ0) is 22.5. The van der Waals surface area contributed by atoms with Crippen molar-refractivity contribution < 1.29 is 21.3 Å². The maximum absolute atomic E-state index is 6.07. The van der Waals surface area contributed by atoms with Gasteiger partial charge in [-0.25, -0.2) is 4.98 Å². The van der Waals surface area contributed by atoms with Crippen LogP contribution in [0, 0.1) is 5.41 Å². The van der Waals surface area contributed by atoms with Gasteiger partial charge in [-0.3, -0.25) is 0 Å². The molecule has 31 heavy (non-hydrogen) atoms. The fourth-order valence-electron chi connectivity index (χ4n) is 4.17. The number of halogens is 1. The highest BCUT2D eigenvalue weighted by molar-refractivity contribution is 7.75. The highest BCUT2D eigenvalue weighted by Crippen LogP contribution is 2.63. The summed E-state index contributed by atoms with van der Waals surface area (Å²) in [6.07, 6.45) is 14.7. The van der Waals surface area contributed by atoms with Crippen LogP contribution in [0.5, 0.6) is 0 Å². The molecule has 184 valence electrons. The van der Waals surface area contributed by atoms with Gasteiger partial charge < -0.3 is 21.3 Å². The highest BCUT2D eigenvalue weighted by Gasteiger charge is 2.37. The highest BCUT2D eigenvalue weighted by atomic mass is 35.5. The molecule has 1 aromatic heterocycles. The van der Waals surface area contributed by atoms with Crippen molar-refractivity contribution in [1.82, 2.24) is 4.98 Å². The Morgan fingerprint density at radius 3 is 1.87 bits per heavy atom. The SMILES string of the molecule is CCCC[P+](CCCC)(CCCC)Cc1csc(CC(C)(C)C(O[SiH2]C)O[SiH2]C)n1.[Cl-]. The van der Waals surface area contributed by atoms with Crippen LogP contribution in [-0.2, 0) is 21.4 Å². The van der Waals surface area contributed by atoms with E-state index in [4.69, 9.17) is 13.8 Å². The molecule has 0 spiro atoms. The van der Waals surface area contributed by atoms with Crippen LogP contribution < -0.4 is 12.4 Å². The Kier molecular flexibility index (Phi) is 17.6. The van der Waals surface area contributed by atoms with E-state index in [1.165, 1.54) is 73.9 Å². The number of unbranched alkanes of at least 4 members (excludes halogenated alkanes) is 3. The van der Waals surface area contributed by atoms with E-state index in [-0.39, 0.29) is 24.1 Å². The van der Waals surface area contributed by atoms with Crippen molar-refractivity contribution in [3.05, 3.63) is 16.1 Å². The van der Waals surface area contributed by atoms with E-state index in [0.29, 0.717) is 0 Å². The van der Waals surface area contributed by atoms with Gasteiger partial charge in [-0.1, -0.05) is 67.0 Å². The minimum Gasteiger partial charge on any atom is -1.00 e. The monoisotopic (exact) mass is 525 g/mol. The van der Waals surface area contributed by atoms with Crippen LogP contribution in [0.4, 0.5) is 0 Å². The van der Waals surface area contributed by atoms with E-state index in [1.54, 1.807) is 0 Å². The van der Waals surface area contributed by atoms with Gasteiger partial charge in [-0.15, -0.1) is 11.3 Å². The molecule has 0 atom stereocenters. The molecule has 0 saturated carbocycles. The second-order valence-corrected chi connectivity index (χ2v) is 16.5. The van der Waals surface area contributed by atoms with E-state index in [1.807, 2.05) is 11.3 Å². The summed E-state index contributed by atoms with van der Waals surface area (Å²) in [5.41, 5.74) is 1.36. The molecule has 0 amide bonds. The maximum atomic E-state index is 6.07. The first-order valence-electron chi connectivity index (χ1n) is 12.4. The molecule has 0 N–H and O–H groups in total. The number of hydrogen-bond donors (Lipinski definition) is 0. The fourth-order valence-corrected chi connectivity index (χ4v) is 12.2. The second kappa shape index (κ2) is 17.2. The van der Waals surface area contributed by atoms with E-state index in [0.717, 1.165) is 6.42 Å². The molecular weight excluding hydrogens is 477 g/mol. The summed E-state index contributed by atoms with van der Waals surface area (Å²) >= 11 is 1.86. The zero-order valence-corrected chi connectivity index (χ0v) is 26.6. The Hall–Kier alpha value is 0.704. The van der Waals surface area contributed by atoms with Gasteiger partial charge in [0.05, 0.1) is 29.2 Å². The minimum atomic E-state index is -0.940. The number of aromatic nitrogens is 1. The lowest BCUT2D eigenvalue weighted by Gasteiger charge is -2.33. The lowest BCUT2D eigenvalue weighted by atomic mass is 9.89. The van der Waals surface area contributed by atoms with Crippen molar-refractivity contribution >= 4 is 38.1 Å². The summed E-state index contributed by atoms with van der Waals surface area (Å²) in [6.45, 7) is 16.0. The van der Waals surface area contributed by atoms with Crippen LogP contribution in [0.25, 0.3) is 0 Å². The molecule has 0 radical (unpaired) electrons. The Morgan fingerprint density at radius 1 is 0.968 bits per heavy atom. The third-order valence-electron chi connectivity index (χ3n) is 5.94. The van der Waals surface area contributed by atoms with Crippen molar-refractivity contribution in [2.45, 2.75) is 105 Å². The zero-order valence-electron chi connectivity index (χ0n) is 21.3. The molecule has 0 aliphatic heterocycles. The number of thiazole rings is 1. The van der Waals surface area contributed by atoms with E-state index in [9.17, 15) is 0 Å². The minimum absolute atomic E-state index is 0.